The fraction of sp³-hybridized carbons (Fsp3) is 0.452. The minimum absolute atomic E-state index is 0.0935. The molecule has 4 N–H and O–H groups in total. The van der Waals surface area contributed by atoms with E-state index >= 15 is 0 Å². The van der Waals surface area contributed by atoms with E-state index in [1.807, 2.05) is 41.9 Å². The molecule has 1 atom stereocenters. The fourth-order valence-electron chi connectivity index (χ4n) is 9.41. The van der Waals surface area contributed by atoms with Gasteiger partial charge in [-0.1, -0.05) is 47.5 Å². The molecule has 4 aliphatic rings. The fourth-order valence-corrected chi connectivity index (χ4v) is 10.0. The number of pyridine rings is 1. The number of ether oxygens (including phenoxy) is 1. The number of benzene rings is 2. The number of aliphatic carboxylic acids is 1. The average Bonchev–Trinajstić information content (AvgIpc) is 3.98. The molecule has 2 amide bonds. The number of carbonyl (C=O) groups excluding carboxylic acids is 2. The number of carboxylic acids is 1. The molecule has 12 nitrogen and oxygen atoms in total. The standard InChI is InChI=1S/C42H47Cl2N7O5/c1-50-32-23-51(19-16-41-12-14-42(24-41,15-13-41)40(54)55)18-11-30(32)48-38(50)39(53)49-31-5-3-4-28(35(31)43)29-10-17-46-37(36(29)44)25-6-7-26(33(20-25)56-2)21-45-22-27-8-9-34(52)47-27/h3-7,10,17,20,27,45H,8-9,11-16,18-19,21-24H2,1-2H3,(H,47,52)(H,49,53)(H,54,55)/t27-,41?,42?/m0/s1. The van der Waals surface area contributed by atoms with Crippen LogP contribution >= 0.6 is 23.2 Å². The maximum Gasteiger partial charge on any atom is 0.309 e. The highest BCUT2D eigenvalue weighted by atomic mass is 35.5. The lowest BCUT2D eigenvalue weighted by atomic mass is 9.80. The van der Waals surface area contributed by atoms with E-state index in [1.165, 1.54) is 0 Å². The van der Waals surface area contributed by atoms with Crippen LogP contribution in [0.2, 0.25) is 10.0 Å². The van der Waals surface area contributed by atoms with Crippen LogP contribution in [-0.2, 0) is 36.1 Å². The molecule has 8 rings (SSSR count). The Balaban J connectivity index is 0.941. The number of methoxy groups -OCH3 is 1. The minimum atomic E-state index is -0.624. The van der Waals surface area contributed by atoms with Crippen molar-refractivity contribution in [3.8, 4) is 28.1 Å². The van der Waals surface area contributed by atoms with Crippen molar-refractivity contribution >= 4 is 46.7 Å². The van der Waals surface area contributed by atoms with Gasteiger partial charge in [-0.2, -0.15) is 0 Å². The number of nitrogens with zero attached hydrogens (tertiary/aromatic N) is 4. The molecule has 0 radical (unpaired) electrons. The van der Waals surface area contributed by atoms with Crippen LogP contribution in [0.25, 0.3) is 22.4 Å². The maximum atomic E-state index is 13.8. The molecular formula is C42H47Cl2N7O5. The topological polar surface area (TPSA) is 151 Å². The van der Waals surface area contributed by atoms with Crippen LogP contribution in [0.3, 0.4) is 0 Å². The second-order valence-corrected chi connectivity index (χ2v) is 16.8. The van der Waals surface area contributed by atoms with Crippen molar-refractivity contribution < 1.29 is 24.2 Å². The minimum Gasteiger partial charge on any atom is -0.496 e. The van der Waals surface area contributed by atoms with Gasteiger partial charge in [-0.15, -0.1) is 0 Å². The normalized spacial score (nSPS) is 22.9. The van der Waals surface area contributed by atoms with Crippen molar-refractivity contribution in [2.24, 2.45) is 17.9 Å². The van der Waals surface area contributed by atoms with Gasteiger partial charge in [0.1, 0.15) is 5.75 Å². The summed E-state index contributed by atoms with van der Waals surface area (Å²) < 4.78 is 7.61. The summed E-state index contributed by atoms with van der Waals surface area (Å²) in [5, 5.41) is 20.0. The first kappa shape index (κ1) is 38.4. The average molecular weight is 801 g/mol. The van der Waals surface area contributed by atoms with E-state index < -0.39 is 11.4 Å². The molecule has 0 unspecified atom stereocenters. The summed E-state index contributed by atoms with van der Waals surface area (Å²) in [4.78, 5) is 49.0. The summed E-state index contributed by atoms with van der Waals surface area (Å²) in [7, 11) is 3.50. The number of carboxylic acid groups (broad SMARTS) is 1. The Hall–Kier alpha value is -4.49. The van der Waals surface area contributed by atoms with Gasteiger partial charge < -0.3 is 30.4 Å². The van der Waals surface area contributed by atoms with Crippen molar-refractivity contribution in [3.05, 3.63) is 81.5 Å². The van der Waals surface area contributed by atoms with Crippen LogP contribution in [-0.4, -0.2) is 75.1 Å². The molecule has 294 valence electrons. The number of hydrogen-bond donors (Lipinski definition) is 4. The molecule has 2 aliphatic heterocycles. The number of halogens is 2. The van der Waals surface area contributed by atoms with E-state index in [-0.39, 0.29) is 23.3 Å². The van der Waals surface area contributed by atoms with Crippen molar-refractivity contribution in [2.75, 3.05) is 32.1 Å². The summed E-state index contributed by atoms with van der Waals surface area (Å²) in [5.74, 6) is 0.115. The molecule has 0 spiro atoms. The van der Waals surface area contributed by atoms with E-state index in [4.69, 9.17) is 32.9 Å². The van der Waals surface area contributed by atoms with Crippen LogP contribution in [0.5, 0.6) is 5.75 Å². The van der Waals surface area contributed by atoms with Gasteiger partial charge >= 0.3 is 5.97 Å². The van der Waals surface area contributed by atoms with Crippen LogP contribution in [0.15, 0.2) is 48.7 Å². The molecular weight excluding hydrogens is 753 g/mol. The van der Waals surface area contributed by atoms with Crippen molar-refractivity contribution in [1.29, 1.82) is 0 Å². The zero-order valence-electron chi connectivity index (χ0n) is 31.7. The van der Waals surface area contributed by atoms with E-state index in [0.29, 0.717) is 70.2 Å². The van der Waals surface area contributed by atoms with Gasteiger partial charge in [0, 0.05) is 80.6 Å². The number of amides is 2. The Bertz CT molecular complexity index is 2200. The molecule has 2 bridgehead atoms. The largest absolute Gasteiger partial charge is 0.496 e. The predicted molar refractivity (Wildman–Crippen MR) is 215 cm³/mol. The van der Waals surface area contributed by atoms with Gasteiger partial charge in [-0.3, -0.25) is 24.3 Å². The second-order valence-electron chi connectivity index (χ2n) is 16.0. The summed E-state index contributed by atoms with van der Waals surface area (Å²) in [5.41, 5.74) is 5.63. The highest BCUT2D eigenvalue weighted by Gasteiger charge is 2.57. The van der Waals surface area contributed by atoms with Gasteiger partial charge in [0.05, 0.1) is 45.3 Å². The Kier molecular flexibility index (Phi) is 10.6. The van der Waals surface area contributed by atoms with Crippen LogP contribution in [0.4, 0.5) is 5.69 Å². The molecule has 2 aliphatic carbocycles. The lowest BCUT2D eigenvalue weighted by Crippen LogP contribution is -2.35. The summed E-state index contributed by atoms with van der Waals surface area (Å²) in [6.07, 6.45) is 9.22. The zero-order chi connectivity index (χ0) is 39.2. The number of carbonyl (C=O) groups is 3. The third-order valence-corrected chi connectivity index (χ3v) is 13.5. The number of rotatable bonds is 13. The monoisotopic (exact) mass is 799 g/mol. The molecule has 4 aromatic rings. The molecule has 56 heavy (non-hydrogen) atoms. The first-order chi connectivity index (χ1) is 27.0. The molecule has 1 saturated heterocycles. The summed E-state index contributed by atoms with van der Waals surface area (Å²) in [6.45, 7) is 3.70. The highest BCUT2D eigenvalue weighted by Crippen LogP contribution is 2.63. The lowest BCUT2D eigenvalue weighted by molar-refractivity contribution is -0.148. The highest BCUT2D eigenvalue weighted by molar-refractivity contribution is 6.39. The summed E-state index contributed by atoms with van der Waals surface area (Å²) >= 11 is 14.1. The van der Waals surface area contributed by atoms with Crippen molar-refractivity contribution in [1.82, 2.24) is 30.1 Å². The summed E-state index contributed by atoms with van der Waals surface area (Å²) in [6, 6.07) is 13.2. The van der Waals surface area contributed by atoms with Crippen LogP contribution < -0.4 is 20.7 Å². The molecule has 2 aromatic carbocycles. The second kappa shape index (κ2) is 15.5. The Morgan fingerprint density at radius 3 is 2.61 bits per heavy atom. The molecule has 14 heteroatoms. The van der Waals surface area contributed by atoms with Gasteiger partial charge in [0.15, 0.2) is 5.82 Å². The number of imidazole rings is 1. The number of fused-ring (bicyclic) bond motifs is 3. The lowest BCUT2D eigenvalue weighted by Gasteiger charge is -2.32. The molecule has 3 fully saturated rings. The smallest absolute Gasteiger partial charge is 0.309 e. The van der Waals surface area contributed by atoms with Gasteiger partial charge in [0.2, 0.25) is 5.91 Å². The van der Waals surface area contributed by atoms with E-state index in [9.17, 15) is 19.5 Å². The Morgan fingerprint density at radius 1 is 1.07 bits per heavy atom. The quantitative estimate of drug-likeness (QED) is 0.114. The molecule has 2 aromatic heterocycles. The van der Waals surface area contributed by atoms with Crippen molar-refractivity contribution in [3.63, 3.8) is 0 Å². The van der Waals surface area contributed by atoms with Gasteiger partial charge in [-0.05, 0) is 75.1 Å². The van der Waals surface area contributed by atoms with Crippen LogP contribution in [0, 0.1) is 10.8 Å². The zero-order valence-corrected chi connectivity index (χ0v) is 33.2. The Morgan fingerprint density at radius 2 is 1.88 bits per heavy atom. The Labute approximate surface area is 336 Å². The first-order valence-electron chi connectivity index (χ1n) is 19.4. The van der Waals surface area contributed by atoms with Crippen molar-refractivity contribution in [2.45, 2.75) is 76.9 Å². The molecule has 2 saturated carbocycles. The SMILES string of the molecule is COc1cc(-c2nccc(-c3cccc(NC(=O)c4nc5c(n4C)CN(CCC46CCC(C(=O)O)(CC4)C6)CC5)c3Cl)c2Cl)ccc1CNC[C@@H]1CCC(=O)N1. The predicted octanol–water partition coefficient (Wildman–Crippen LogP) is 6.87. The number of aromatic nitrogens is 3. The van der Waals surface area contributed by atoms with Gasteiger partial charge in [-0.25, -0.2) is 4.98 Å². The maximum absolute atomic E-state index is 13.8. The first-order valence-corrected chi connectivity index (χ1v) is 20.2. The van der Waals surface area contributed by atoms with E-state index in [1.54, 1.807) is 25.4 Å². The third-order valence-electron chi connectivity index (χ3n) is 12.7. The van der Waals surface area contributed by atoms with E-state index in [2.05, 4.69) is 25.8 Å². The van der Waals surface area contributed by atoms with E-state index in [0.717, 1.165) is 87.0 Å². The van der Waals surface area contributed by atoms with Crippen LogP contribution in [0.1, 0.15) is 78.9 Å². The third kappa shape index (κ3) is 7.28. The number of hydrogen-bond acceptors (Lipinski definition) is 8. The van der Waals surface area contributed by atoms with Gasteiger partial charge in [0.25, 0.3) is 5.91 Å². The number of nitrogens with one attached hydrogen (secondary N) is 3. The number of anilines is 1. The molecule has 4 heterocycles.